The summed E-state index contributed by atoms with van der Waals surface area (Å²) in [6, 6.07) is 28.3. The van der Waals surface area contributed by atoms with Gasteiger partial charge in [0.05, 0.1) is 22.1 Å². The molecule has 6 rings (SSSR count). The SMILES string of the molecule is c1ccc2c(c1)nnc1ccccc12.c1cnc2c(c1)ccc1cccnc12. The molecule has 4 nitrogen and oxygen atoms in total. The van der Waals surface area contributed by atoms with Gasteiger partial charge in [0.15, 0.2) is 0 Å². The van der Waals surface area contributed by atoms with Gasteiger partial charge in [0.25, 0.3) is 0 Å². The molecule has 4 heteroatoms. The fourth-order valence-electron chi connectivity index (χ4n) is 3.36. The zero-order chi connectivity index (χ0) is 18.8. The van der Waals surface area contributed by atoms with Crippen molar-refractivity contribution in [2.45, 2.75) is 0 Å². The van der Waals surface area contributed by atoms with E-state index in [2.05, 4.69) is 56.6 Å². The smallest absolute Gasteiger partial charge is 0.0964 e. The number of aromatic nitrogens is 4. The van der Waals surface area contributed by atoms with Crippen molar-refractivity contribution in [2.75, 3.05) is 0 Å². The average molecular weight is 360 g/mol. The molecule has 0 spiro atoms. The Labute approximate surface area is 161 Å². The van der Waals surface area contributed by atoms with Crippen LogP contribution in [0, 0.1) is 0 Å². The molecule has 0 saturated carbocycles. The van der Waals surface area contributed by atoms with Gasteiger partial charge in [-0.2, -0.15) is 0 Å². The minimum Gasteiger partial charge on any atom is -0.254 e. The van der Waals surface area contributed by atoms with Crippen LogP contribution >= 0.6 is 0 Å². The van der Waals surface area contributed by atoms with Crippen molar-refractivity contribution in [1.82, 2.24) is 20.2 Å². The number of pyridine rings is 2. The summed E-state index contributed by atoms with van der Waals surface area (Å²) in [4.78, 5) is 8.69. The highest BCUT2D eigenvalue weighted by atomic mass is 15.1. The number of hydrogen-bond acceptors (Lipinski definition) is 4. The summed E-state index contributed by atoms with van der Waals surface area (Å²) in [5, 5.41) is 12.9. The largest absolute Gasteiger partial charge is 0.254 e. The number of nitrogens with zero attached hydrogens (tertiary/aromatic N) is 4. The maximum absolute atomic E-state index is 4.35. The van der Waals surface area contributed by atoms with Crippen LogP contribution in [0.3, 0.4) is 0 Å². The van der Waals surface area contributed by atoms with Gasteiger partial charge in [-0.15, -0.1) is 10.2 Å². The number of benzene rings is 3. The summed E-state index contributed by atoms with van der Waals surface area (Å²) in [6.07, 6.45) is 3.60. The predicted octanol–water partition coefficient (Wildman–Crippen LogP) is 5.57. The van der Waals surface area contributed by atoms with Gasteiger partial charge in [0.2, 0.25) is 0 Å². The van der Waals surface area contributed by atoms with Gasteiger partial charge < -0.3 is 0 Å². The minimum atomic E-state index is 0.950. The van der Waals surface area contributed by atoms with Gasteiger partial charge in [-0.3, -0.25) is 9.97 Å². The Bertz CT molecular complexity index is 1210. The predicted molar refractivity (Wildman–Crippen MR) is 114 cm³/mol. The highest BCUT2D eigenvalue weighted by Gasteiger charge is 2.01. The zero-order valence-corrected chi connectivity index (χ0v) is 15.0. The van der Waals surface area contributed by atoms with Crippen molar-refractivity contribution >= 4 is 43.6 Å². The van der Waals surface area contributed by atoms with Crippen molar-refractivity contribution in [3.8, 4) is 0 Å². The van der Waals surface area contributed by atoms with Crippen LogP contribution in [-0.2, 0) is 0 Å². The maximum Gasteiger partial charge on any atom is 0.0964 e. The van der Waals surface area contributed by atoms with E-state index in [4.69, 9.17) is 0 Å². The number of rotatable bonds is 0. The second-order valence-electron chi connectivity index (χ2n) is 6.45. The van der Waals surface area contributed by atoms with E-state index in [1.165, 1.54) is 0 Å². The van der Waals surface area contributed by atoms with Crippen LogP contribution in [0.15, 0.2) is 97.3 Å². The third-order valence-corrected chi connectivity index (χ3v) is 4.71. The molecule has 0 bridgehead atoms. The molecule has 0 aliphatic heterocycles. The van der Waals surface area contributed by atoms with Crippen LogP contribution in [0.5, 0.6) is 0 Å². The van der Waals surface area contributed by atoms with E-state index in [9.17, 15) is 0 Å². The van der Waals surface area contributed by atoms with Gasteiger partial charge >= 0.3 is 0 Å². The molecule has 28 heavy (non-hydrogen) atoms. The van der Waals surface area contributed by atoms with E-state index in [1.807, 2.05) is 48.5 Å². The molecule has 132 valence electrons. The first-order chi connectivity index (χ1) is 13.9. The van der Waals surface area contributed by atoms with Crippen LogP contribution in [0.2, 0.25) is 0 Å². The summed E-state index contributed by atoms with van der Waals surface area (Å²) in [7, 11) is 0. The first-order valence-corrected chi connectivity index (χ1v) is 9.09. The summed E-state index contributed by atoms with van der Waals surface area (Å²) in [5.41, 5.74) is 3.86. The second kappa shape index (κ2) is 7.00. The normalized spacial score (nSPS) is 10.9. The fourth-order valence-corrected chi connectivity index (χ4v) is 3.36. The van der Waals surface area contributed by atoms with E-state index in [-0.39, 0.29) is 0 Å². The molecule has 6 aromatic rings. The van der Waals surface area contributed by atoms with E-state index in [0.29, 0.717) is 0 Å². The van der Waals surface area contributed by atoms with E-state index >= 15 is 0 Å². The highest BCUT2D eigenvalue weighted by Crippen LogP contribution is 2.21. The Hall–Kier alpha value is -3.92. The minimum absolute atomic E-state index is 0.950. The fraction of sp³-hybridized carbons (Fsp3) is 0. The standard InChI is InChI=1S/2C12H8N2/c1-3-9-5-6-10-4-2-8-14-12(10)11(9)13-7-1;1-3-7-11-9(5-1)10-6-2-4-8-12(10)14-13-11/h2*1-8H. The average Bonchev–Trinajstić information content (AvgIpc) is 2.79. The lowest BCUT2D eigenvalue weighted by Gasteiger charge is -2.00. The van der Waals surface area contributed by atoms with Gasteiger partial charge in [0.1, 0.15) is 0 Å². The monoisotopic (exact) mass is 360 g/mol. The number of hydrogen-bond donors (Lipinski definition) is 0. The molecule has 3 aromatic carbocycles. The first kappa shape index (κ1) is 16.3. The van der Waals surface area contributed by atoms with Crippen LogP contribution < -0.4 is 0 Å². The lowest BCUT2D eigenvalue weighted by molar-refractivity contribution is 1.12. The molecule has 0 saturated heterocycles. The molecule has 0 N–H and O–H groups in total. The van der Waals surface area contributed by atoms with E-state index < -0.39 is 0 Å². The van der Waals surface area contributed by atoms with Gasteiger partial charge in [-0.1, -0.05) is 60.7 Å². The first-order valence-electron chi connectivity index (χ1n) is 9.09. The Morgan fingerprint density at radius 3 is 1.39 bits per heavy atom. The number of fused-ring (bicyclic) bond motifs is 6. The molecular weight excluding hydrogens is 344 g/mol. The Kier molecular flexibility index (Phi) is 4.07. The van der Waals surface area contributed by atoms with Gasteiger partial charge in [0, 0.05) is 33.9 Å². The maximum atomic E-state index is 4.35. The summed E-state index contributed by atoms with van der Waals surface area (Å²) in [6.45, 7) is 0. The molecular formula is C24H16N4. The molecule has 3 aromatic heterocycles. The Morgan fingerprint density at radius 1 is 0.429 bits per heavy atom. The molecule has 3 heterocycles. The van der Waals surface area contributed by atoms with Crippen LogP contribution in [-0.4, -0.2) is 20.2 Å². The molecule has 0 atom stereocenters. The van der Waals surface area contributed by atoms with Crippen LogP contribution in [0.25, 0.3) is 43.6 Å². The Morgan fingerprint density at radius 2 is 0.893 bits per heavy atom. The van der Waals surface area contributed by atoms with Crippen molar-refractivity contribution < 1.29 is 0 Å². The lowest BCUT2D eigenvalue weighted by Crippen LogP contribution is -1.85. The van der Waals surface area contributed by atoms with Crippen molar-refractivity contribution in [2.24, 2.45) is 0 Å². The molecule has 0 aliphatic rings. The van der Waals surface area contributed by atoms with E-state index in [1.54, 1.807) is 12.4 Å². The van der Waals surface area contributed by atoms with Gasteiger partial charge in [-0.25, -0.2) is 0 Å². The van der Waals surface area contributed by atoms with Crippen molar-refractivity contribution in [1.29, 1.82) is 0 Å². The summed E-state index contributed by atoms with van der Waals surface area (Å²) < 4.78 is 0. The van der Waals surface area contributed by atoms with Crippen LogP contribution in [0.1, 0.15) is 0 Å². The van der Waals surface area contributed by atoms with Crippen LogP contribution in [0.4, 0.5) is 0 Å². The molecule has 0 aliphatic carbocycles. The molecule has 0 unspecified atom stereocenters. The lowest BCUT2D eigenvalue weighted by atomic mass is 10.1. The molecule has 0 amide bonds. The van der Waals surface area contributed by atoms with Crippen molar-refractivity contribution in [3.05, 3.63) is 97.3 Å². The second-order valence-corrected chi connectivity index (χ2v) is 6.45. The van der Waals surface area contributed by atoms with E-state index in [0.717, 1.165) is 43.6 Å². The van der Waals surface area contributed by atoms with Crippen molar-refractivity contribution in [3.63, 3.8) is 0 Å². The molecule has 0 radical (unpaired) electrons. The quantitative estimate of drug-likeness (QED) is 0.333. The summed E-state index contributed by atoms with van der Waals surface area (Å²) >= 11 is 0. The summed E-state index contributed by atoms with van der Waals surface area (Å²) in [5.74, 6) is 0. The third-order valence-electron chi connectivity index (χ3n) is 4.71. The zero-order valence-electron chi connectivity index (χ0n) is 15.0. The van der Waals surface area contributed by atoms with Gasteiger partial charge in [-0.05, 0) is 24.3 Å². The third kappa shape index (κ3) is 2.91. The Balaban J connectivity index is 0.000000122. The molecule has 0 fully saturated rings. The highest BCUT2D eigenvalue weighted by molar-refractivity contribution is 6.03. The topological polar surface area (TPSA) is 51.6 Å².